The lowest BCUT2D eigenvalue weighted by molar-refractivity contribution is 0.211. The molecule has 3 aromatic carbocycles. The standard InChI is InChI=1S/C22H18N2O2/c25-21(17-7-3-1-4-8-17)22-23-15-20(24-22)16-11-13-19(14-12-16)26-18-9-5-2-6-10-18/h1-15,21,25H,(H,23,24). The molecule has 4 rings (SSSR count). The third-order valence-electron chi connectivity index (χ3n) is 4.11. The zero-order valence-corrected chi connectivity index (χ0v) is 14.0. The van der Waals surface area contributed by atoms with E-state index in [4.69, 9.17) is 4.74 Å². The summed E-state index contributed by atoms with van der Waals surface area (Å²) in [4.78, 5) is 7.52. The van der Waals surface area contributed by atoms with Crippen molar-refractivity contribution in [3.8, 4) is 22.8 Å². The van der Waals surface area contributed by atoms with Crippen molar-refractivity contribution in [2.75, 3.05) is 0 Å². The summed E-state index contributed by atoms with van der Waals surface area (Å²) in [6, 6.07) is 26.9. The Kier molecular flexibility index (Phi) is 4.50. The smallest absolute Gasteiger partial charge is 0.140 e. The zero-order chi connectivity index (χ0) is 17.8. The minimum atomic E-state index is -0.773. The summed E-state index contributed by atoms with van der Waals surface area (Å²) >= 11 is 0. The van der Waals surface area contributed by atoms with E-state index in [1.54, 1.807) is 6.20 Å². The Balaban J connectivity index is 1.51. The van der Waals surface area contributed by atoms with Gasteiger partial charge in [-0.05, 0) is 47.5 Å². The maximum absolute atomic E-state index is 10.4. The normalized spacial score (nSPS) is 11.9. The molecule has 1 aromatic heterocycles. The van der Waals surface area contributed by atoms with Gasteiger partial charge in [0.2, 0.25) is 0 Å². The molecule has 0 saturated carbocycles. The third kappa shape index (κ3) is 3.50. The summed E-state index contributed by atoms with van der Waals surface area (Å²) in [7, 11) is 0. The first-order valence-corrected chi connectivity index (χ1v) is 8.41. The predicted molar refractivity (Wildman–Crippen MR) is 101 cm³/mol. The number of nitrogens with zero attached hydrogens (tertiary/aromatic N) is 1. The van der Waals surface area contributed by atoms with Gasteiger partial charge in [-0.25, -0.2) is 4.98 Å². The van der Waals surface area contributed by atoms with Gasteiger partial charge in [-0.2, -0.15) is 0 Å². The number of hydrogen-bond acceptors (Lipinski definition) is 3. The van der Waals surface area contributed by atoms with Crippen LogP contribution in [0.2, 0.25) is 0 Å². The van der Waals surface area contributed by atoms with Crippen LogP contribution in [0.3, 0.4) is 0 Å². The predicted octanol–water partition coefficient (Wildman–Crippen LogP) is 4.95. The molecule has 0 radical (unpaired) electrons. The quantitative estimate of drug-likeness (QED) is 0.539. The summed E-state index contributed by atoms with van der Waals surface area (Å²) in [5.41, 5.74) is 2.63. The van der Waals surface area contributed by atoms with E-state index in [1.807, 2.05) is 84.9 Å². The highest BCUT2D eigenvalue weighted by Gasteiger charge is 2.14. The topological polar surface area (TPSA) is 58.1 Å². The molecular weight excluding hydrogens is 324 g/mol. The van der Waals surface area contributed by atoms with E-state index in [9.17, 15) is 5.11 Å². The van der Waals surface area contributed by atoms with Gasteiger partial charge in [0, 0.05) is 0 Å². The molecule has 2 N–H and O–H groups in total. The van der Waals surface area contributed by atoms with Crippen LogP contribution < -0.4 is 4.74 Å². The van der Waals surface area contributed by atoms with E-state index >= 15 is 0 Å². The lowest BCUT2D eigenvalue weighted by Gasteiger charge is -2.08. The summed E-state index contributed by atoms with van der Waals surface area (Å²) < 4.78 is 5.80. The number of nitrogens with one attached hydrogen (secondary N) is 1. The number of hydrogen-bond donors (Lipinski definition) is 2. The van der Waals surface area contributed by atoms with Gasteiger partial charge in [-0.15, -0.1) is 0 Å². The average molecular weight is 342 g/mol. The first kappa shape index (κ1) is 16.1. The highest BCUT2D eigenvalue weighted by atomic mass is 16.5. The van der Waals surface area contributed by atoms with Gasteiger partial charge in [0.25, 0.3) is 0 Å². The molecule has 0 amide bonds. The lowest BCUT2D eigenvalue weighted by Crippen LogP contribution is -2.01. The van der Waals surface area contributed by atoms with Crippen molar-refractivity contribution in [3.05, 3.63) is 103 Å². The minimum Gasteiger partial charge on any atom is -0.457 e. The molecule has 26 heavy (non-hydrogen) atoms. The fourth-order valence-corrected chi connectivity index (χ4v) is 2.74. The van der Waals surface area contributed by atoms with Crippen LogP contribution in [0.5, 0.6) is 11.5 Å². The van der Waals surface area contributed by atoms with E-state index < -0.39 is 6.10 Å². The largest absolute Gasteiger partial charge is 0.457 e. The van der Waals surface area contributed by atoms with Gasteiger partial charge in [-0.3, -0.25) is 0 Å². The van der Waals surface area contributed by atoms with Crippen molar-refractivity contribution < 1.29 is 9.84 Å². The van der Waals surface area contributed by atoms with E-state index in [1.165, 1.54) is 0 Å². The van der Waals surface area contributed by atoms with E-state index in [0.29, 0.717) is 5.82 Å². The van der Waals surface area contributed by atoms with Gasteiger partial charge < -0.3 is 14.8 Å². The van der Waals surface area contributed by atoms with Crippen molar-refractivity contribution in [1.82, 2.24) is 9.97 Å². The maximum Gasteiger partial charge on any atom is 0.140 e. The summed E-state index contributed by atoms with van der Waals surface area (Å²) in [6.07, 6.45) is 0.958. The summed E-state index contributed by atoms with van der Waals surface area (Å²) in [5.74, 6) is 2.09. The monoisotopic (exact) mass is 342 g/mol. The Labute approximate surface area is 151 Å². The summed E-state index contributed by atoms with van der Waals surface area (Å²) in [5, 5.41) is 10.4. The molecule has 0 aliphatic rings. The second-order valence-corrected chi connectivity index (χ2v) is 5.93. The fraction of sp³-hybridized carbons (Fsp3) is 0.0455. The second-order valence-electron chi connectivity index (χ2n) is 5.93. The number of para-hydroxylation sites is 1. The number of aliphatic hydroxyl groups is 1. The van der Waals surface area contributed by atoms with Crippen molar-refractivity contribution in [1.29, 1.82) is 0 Å². The molecule has 4 nitrogen and oxygen atoms in total. The van der Waals surface area contributed by atoms with Gasteiger partial charge in [0.1, 0.15) is 23.4 Å². The van der Waals surface area contributed by atoms with E-state index in [-0.39, 0.29) is 0 Å². The Hall–Kier alpha value is -3.37. The van der Waals surface area contributed by atoms with Crippen LogP contribution in [0.1, 0.15) is 17.5 Å². The number of aliphatic hydroxyl groups excluding tert-OH is 1. The zero-order valence-electron chi connectivity index (χ0n) is 14.0. The molecule has 1 heterocycles. The molecule has 0 fully saturated rings. The SMILES string of the molecule is OC(c1ccccc1)c1ncc(-c2ccc(Oc3ccccc3)cc2)[nH]1. The van der Waals surface area contributed by atoms with Crippen LogP contribution in [-0.2, 0) is 0 Å². The molecule has 1 atom stereocenters. The Bertz CT molecular complexity index is 964. The van der Waals surface area contributed by atoms with Crippen LogP contribution in [-0.4, -0.2) is 15.1 Å². The number of benzene rings is 3. The van der Waals surface area contributed by atoms with Crippen molar-refractivity contribution >= 4 is 0 Å². The van der Waals surface area contributed by atoms with Crippen LogP contribution in [0.25, 0.3) is 11.3 Å². The molecular formula is C22H18N2O2. The molecule has 0 spiro atoms. The first-order valence-electron chi connectivity index (χ1n) is 8.41. The average Bonchev–Trinajstić information content (AvgIpc) is 3.20. The number of aromatic nitrogens is 2. The number of H-pyrrole nitrogens is 1. The van der Waals surface area contributed by atoms with Crippen LogP contribution in [0.15, 0.2) is 91.1 Å². The highest BCUT2D eigenvalue weighted by Crippen LogP contribution is 2.26. The molecule has 0 aliphatic carbocycles. The van der Waals surface area contributed by atoms with E-state index in [2.05, 4.69) is 9.97 Å². The molecule has 0 saturated heterocycles. The maximum atomic E-state index is 10.4. The Morgan fingerprint density at radius 2 is 1.38 bits per heavy atom. The Morgan fingerprint density at radius 1 is 0.769 bits per heavy atom. The fourth-order valence-electron chi connectivity index (χ4n) is 2.74. The van der Waals surface area contributed by atoms with Crippen LogP contribution >= 0.6 is 0 Å². The number of ether oxygens (including phenoxy) is 1. The molecule has 0 aliphatic heterocycles. The molecule has 0 bridgehead atoms. The van der Waals surface area contributed by atoms with E-state index in [0.717, 1.165) is 28.3 Å². The number of rotatable bonds is 5. The van der Waals surface area contributed by atoms with Crippen LogP contribution in [0, 0.1) is 0 Å². The van der Waals surface area contributed by atoms with Gasteiger partial charge in [0.05, 0.1) is 11.9 Å². The molecule has 1 unspecified atom stereocenters. The van der Waals surface area contributed by atoms with Crippen LogP contribution in [0.4, 0.5) is 0 Å². The third-order valence-corrected chi connectivity index (χ3v) is 4.11. The Morgan fingerprint density at radius 3 is 2.08 bits per heavy atom. The van der Waals surface area contributed by atoms with Gasteiger partial charge >= 0.3 is 0 Å². The van der Waals surface area contributed by atoms with Gasteiger partial charge in [-0.1, -0.05) is 48.5 Å². The van der Waals surface area contributed by atoms with Crippen molar-refractivity contribution in [2.24, 2.45) is 0 Å². The van der Waals surface area contributed by atoms with Gasteiger partial charge in [0.15, 0.2) is 0 Å². The summed E-state index contributed by atoms with van der Waals surface area (Å²) in [6.45, 7) is 0. The molecule has 4 heteroatoms. The van der Waals surface area contributed by atoms with Crippen molar-refractivity contribution in [3.63, 3.8) is 0 Å². The highest BCUT2D eigenvalue weighted by molar-refractivity contribution is 5.60. The molecule has 4 aromatic rings. The number of imidazole rings is 1. The molecule has 128 valence electrons. The first-order chi connectivity index (χ1) is 12.8. The number of aromatic amines is 1. The second kappa shape index (κ2) is 7.25. The minimum absolute atomic E-state index is 0.524. The van der Waals surface area contributed by atoms with Crippen molar-refractivity contribution in [2.45, 2.75) is 6.10 Å². The lowest BCUT2D eigenvalue weighted by atomic mass is 10.1.